The number of nitrogens with zero attached hydrogens (tertiary/aromatic N) is 1. The molecule has 1 atom stereocenters. The van der Waals surface area contributed by atoms with Gasteiger partial charge in [-0.15, -0.1) is 0 Å². The summed E-state index contributed by atoms with van der Waals surface area (Å²) in [5.41, 5.74) is 3.84. The van der Waals surface area contributed by atoms with Crippen molar-refractivity contribution in [3.05, 3.63) is 71.4 Å². The Kier molecular flexibility index (Phi) is 4.30. The zero-order valence-electron chi connectivity index (χ0n) is 13.7. The Morgan fingerprint density at radius 2 is 1.76 bits per heavy atom. The summed E-state index contributed by atoms with van der Waals surface area (Å²) in [6.07, 6.45) is 2.27. The van der Waals surface area contributed by atoms with E-state index in [0.717, 1.165) is 41.4 Å². The molecule has 0 spiro atoms. The van der Waals surface area contributed by atoms with E-state index in [1.807, 2.05) is 53.1 Å². The lowest BCUT2D eigenvalue weighted by Crippen LogP contribution is -2.25. The lowest BCUT2D eigenvalue weighted by atomic mass is 9.84. The van der Waals surface area contributed by atoms with Gasteiger partial charge in [-0.25, -0.2) is 0 Å². The number of para-hydroxylation sites is 1. The van der Waals surface area contributed by atoms with Gasteiger partial charge in [0.2, 0.25) is 0 Å². The average molecular weight is 396 g/mol. The van der Waals surface area contributed by atoms with Gasteiger partial charge < -0.3 is 0 Å². The quantitative estimate of drug-likeness (QED) is 0.616. The first kappa shape index (κ1) is 16.3. The number of fused-ring (bicyclic) bond motifs is 3. The normalized spacial score (nSPS) is 16.6. The van der Waals surface area contributed by atoms with Crippen LogP contribution in [0.4, 0.5) is 0 Å². The zero-order valence-corrected chi connectivity index (χ0v) is 15.3. The summed E-state index contributed by atoms with van der Waals surface area (Å²) in [6.45, 7) is 0. The van der Waals surface area contributed by atoms with E-state index in [9.17, 15) is 9.59 Å². The van der Waals surface area contributed by atoms with Crippen LogP contribution < -0.4 is 0 Å². The minimum Gasteiger partial charge on any atom is -0.298 e. The van der Waals surface area contributed by atoms with Crippen LogP contribution >= 0.6 is 15.9 Å². The van der Waals surface area contributed by atoms with Gasteiger partial charge in [0.05, 0.1) is 10.8 Å². The summed E-state index contributed by atoms with van der Waals surface area (Å²) in [4.78, 5) is 25.3. The van der Waals surface area contributed by atoms with Gasteiger partial charge in [0, 0.05) is 22.6 Å². The summed E-state index contributed by atoms with van der Waals surface area (Å²) in [6, 6.07) is 17.4. The summed E-state index contributed by atoms with van der Waals surface area (Å²) in [7, 11) is 0. The van der Waals surface area contributed by atoms with E-state index in [4.69, 9.17) is 0 Å². The molecule has 1 aromatic heterocycles. The Labute approximate surface area is 154 Å². The number of aromatic nitrogens is 1. The number of benzene rings is 2. The molecule has 0 saturated carbocycles. The van der Waals surface area contributed by atoms with E-state index in [1.165, 1.54) is 0 Å². The highest BCUT2D eigenvalue weighted by molar-refractivity contribution is 9.09. The lowest BCUT2D eigenvalue weighted by Gasteiger charge is -2.22. The molecular formula is C21H18BrNO2. The second kappa shape index (κ2) is 6.60. The van der Waals surface area contributed by atoms with Gasteiger partial charge in [-0.1, -0.05) is 52.3 Å². The zero-order chi connectivity index (χ0) is 17.4. The maximum Gasteiger partial charge on any atom is 0.262 e. The van der Waals surface area contributed by atoms with Crippen molar-refractivity contribution in [3.63, 3.8) is 0 Å². The summed E-state index contributed by atoms with van der Waals surface area (Å²) >= 11 is 3.29. The van der Waals surface area contributed by atoms with Gasteiger partial charge >= 0.3 is 0 Å². The molecule has 0 amide bonds. The van der Waals surface area contributed by atoms with Crippen molar-refractivity contribution in [1.29, 1.82) is 0 Å². The molecule has 1 aliphatic carbocycles. The van der Waals surface area contributed by atoms with E-state index >= 15 is 0 Å². The highest BCUT2D eigenvalue weighted by Gasteiger charge is 2.30. The maximum absolute atomic E-state index is 13.2. The average Bonchev–Trinajstić information content (AvgIpc) is 3.01. The molecule has 3 nitrogen and oxygen atoms in total. The Morgan fingerprint density at radius 3 is 2.52 bits per heavy atom. The molecular weight excluding hydrogens is 378 g/mol. The van der Waals surface area contributed by atoms with Gasteiger partial charge in [-0.3, -0.25) is 14.2 Å². The fourth-order valence-corrected chi connectivity index (χ4v) is 4.29. The summed E-state index contributed by atoms with van der Waals surface area (Å²) < 4.78 is 1.86. The topological polar surface area (TPSA) is 39.1 Å². The van der Waals surface area contributed by atoms with Gasteiger partial charge in [0.15, 0.2) is 0 Å². The van der Waals surface area contributed by atoms with Crippen LogP contribution in [0.25, 0.3) is 10.9 Å². The number of carbonyl (C=O) groups is 2. The van der Waals surface area contributed by atoms with Gasteiger partial charge in [0.1, 0.15) is 5.78 Å². The second-order valence-electron chi connectivity index (χ2n) is 6.49. The molecule has 2 aromatic carbocycles. The van der Waals surface area contributed by atoms with E-state index in [1.54, 1.807) is 0 Å². The van der Waals surface area contributed by atoms with Crippen molar-refractivity contribution in [3.8, 4) is 0 Å². The number of ketones is 1. The number of rotatable bonds is 3. The molecule has 0 fully saturated rings. The molecule has 126 valence electrons. The van der Waals surface area contributed by atoms with Crippen LogP contribution in [0.3, 0.4) is 0 Å². The monoisotopic (exact) mass is 395 g/mol. The second-order valence-corrected chi connectivity index (χ2v) is 7.05. The third kappa shape index (κ3) is 2.74. The van der Waals surface area contributed by atoms with Crippen molar-refractivity contribution in [2.24, 2.45) is 5.92 Å². The van der Waals surface area contributed by atoms with E-state index in [-0.39, 0.29) is 17.6 Å². The summed E-state index contributed by atoms with van der Waals surface area (Å²) in [5, 5.41) is 1.49. The number of alkyl halides is 1. The number of hydrogen-bond acceptors (Lipinski definition) is 2. The minimum absolute atomic E-state index is 0.00307. The van der Waals surface area contributed by atoms with Crippen LogP contribution in [0.5, 0.6) is 0 Å². The van der Waals surface area contributed by atoms with Crippen LogP contribution in [0.1, 0.15) is 28.0 Å². The van der Waals surface area contributed by atoms with Crippen LogP contribution in [0.2, 0.25) is 0 Å². The highest BCUT2D eigenvalue weighted by atomic mass is 79.9. The fraction of sp³-hybridized carbons (Fsp3) is 0.238. The Bertz CT molecular complexity index is 959. The molecule has 0 N–H and O–H groups in total. The third-order valence-electron chi connectivity index (χ3n) is 5.08. The molecule has 1 unspecified atom stereocenters. The van der Waals surface area contributed by atoms with E-state index in [2.05, 4.69) is 22.0 Å². The van der Waals surface area contributed by atoms with Crippen LogP contribution in [-0.4, -0.2) is 21.6 Å². The molecule has 1 heterocycles. The first-order valence-corrected chi connectivity index (χ1v) is 9.62. The van der Waals surface area contributed by atoms with Crippen molar-refractivity contribution >= 4 is 38.5 Å². The van der Waals surface area contributed by atoms with Crippen molar-refractivity contribution in [2.45, 2.75) is 19.3 Å². The Balaban J connectivity index is 1.87. The van der Waals surface area contributed by atoms with Gasteiger partial charge in [0.25, 0.3) is 5.91 Å². The Morgan fingerprint density at radius 1 is 1.04 bits per heavy atom. The number of halogens is 1. The Hall–Kier alpha value is -2.20. The van der Waals surface area contributed by atoms with Crippen molar-refractivity contribution in [2.75, 3.05) is 5.33 Å². The predicted octanol–water partition coefficient (Wildman–Crippen LogP) is 4.40. The van der Waals surface area contributed by atoms with E-state index in [0.29, 0.717) is 10.9 Å². The van der Waals surface area contributed by atoms with Gasteiger partial charge in [-0.2, -0.15) is 0 Å². The number of hydrogen-bond donors (Lipinski definition) is 0. The molecule has 0 radical (unpaired) electrons. The first-order valence-electron chi connectivity index (χ1n) is 8.50. The molecule has 3 aromatic rings. The minimum atomic E-state index is 0.00307. The largest absolute Gasteiger partial charge is 0.298 e. The summed E-state index contributed by atoms with van der Waals surface area (Å²) in [5.74, 6) is 0.290. The molecule has 1 aliphatic rings. The van der Waals surface area contributed by atoms with E-state index < -0.39 is 0 Å². The lowest BCUT2D eigenvalue weighted by molar-refractivity contribution is -0.120. The molecule has 0 bridgehead atoms. The molecule has 4 rings (SSSR count). The maximum atomic E-state index is 13.2. The van der Waals surface area contributed by atoms with Crippen molar-refractivity contribution in [1.82, 2.24) is 4.57 Å². The highest BCUT2D eigenvalue weighted by Crippen LogP contribution is 2.35. The smallest absolute Gasteiger partial charge is 0.262 e. The van der Waals surface area contributed by atoms with Crippen LogP contribution in [-0.2, 0) is 17.6 Å². The fourth-order valence-electron chi connectivity index (χ4n) is 3.84. The van der Waals surface area contributed by atoms with Crippen LogP contribution in [0, 0.1) is 5.92 Å². The number of Topliss-reactive ketones (excluding diaryl/α,β-unsaturated/α-hetero) is 1. The van der Waals surface area contributed by atoms with Gasteiger partial charge in [-0.05, 0) is 43.0 Å². The SMILES string of the molecule is O=C(CBr)C1CCc2c(c3ccccc3n2C(=O)c2ccccc2)C1. The molecule has 4 heteroatoms. The molecule has 25 heavy (non-hydrogen) atoms. The third-order valence-corrected chi connectivity index (χ3v) is 5.63. The standard InChI is InChI=1S/C21H18BrNO2/c22-13-20(24)15-10-11-19-17(12-15)16-8-4-5-9-18(16)23(19)21(25)14-6-2-1-3-7-14/h1-9,15H,10-13H2. The van der Waals surface area contributed by atoms with Crippen LogP contribution in [0.15, 0.2) is 54.6 Å². The first-order chi connectivity index (χ1) is 12.2. The molecule has 0 aliphatic heterocycles. The predicted molar refractivity (Wildman–Crippen MR) is 102 cm³/mol. The number of carbonyl (C=O) groups excluding carboxylic acids is 2. The van der Waals surface area contributed by atoms with Crippen molar-refractivity contribution < 1.29 is 9.59 Å². The molecule has 0 saturated heterocycles.